The van der Waals surface area contributed by atoms with Crippen molar-refractivity contribution < 1.29 is 0 Å². The lowest BCUT2D eigenvalue weighted by Crippen LogP contribution is -2.47. The summed E-state index contributed by atoms with van der Waals surface area (Å²) < 4.78 is 2.23. The minimum atomic E-state index is 0.480. The second-order valence-electron chi connectivity index (χ2n) is 5.33. The molecule has 1 N–H and O–H groups in total. The van der Waals surface area contributed by atoms with Crippen LogP contribution in [0.2, 0.25) is 0 Å². The number of rotatable bonds is 4. The molecule has 1 saturated heterocycles. The zero-order valence-corrected chi connectivity index (χ0v) is 12.0. The van der Waals surface area contributed by atoms with Crippen LogP contribution in [0.5, 0.6) is 0 Å². The molecule has 4 heteroatoms. The van der Waals surface area contributed by atoms with Crippen LogP contribution in [-0.4, -0.2) is 40.6 Å². The minimum absolute atomic E-state index is 0.480. The van der Waals surface area contributed by atoms with E-state index >= 15 is 0 Å². The van der Waals surface area contributed by atoms with Crippen molar-refractivity contribution in [2.45, 2.75) is 19.5 Å². The van der Waals surface area contributed by atoms with Crippen LogP contribution in [0.1, 0.15) is 17.4 Å². The van der Waals surface area contributed by atoms with E-state index in [1.807, 2.05) is 6.20 Å². The Hall–Kier alpha value is -1.65. The smallest absolute Gasteiger partial charge is 0.105 e. The van der Waals surface area contributed by atoms with Gasteiger partial charge in [0.15, 0.2) is 0 Å². The van der Waals surface area contributed by atoms with Gasteiger partial charge in [-0.3, -0.25) is 4.90 Å². The number of aromatic nitrogens is 2. The Balaban J connectivity index is 1.68. The van der Waals surface area contributed by atoms with Crippen LogP contribution in [0.15, 0.2) is 42.7 Å². The molecule has 2 heterocycles. The molecule has 0 radical (unpaired) electrons. The normalized spacial score (nSPS) is 20.1. The van der Waals surface area contributed by atoms with Gasteiger partial charge in [0.05, 0.1) is 0 Å². The second-order valence-corrected chi connectivity index (χ2v) is 5.33. The van der Waals surface area contributed by atoms with Crippen molar-refractivity contribution in [3.8, 4) is 0 Å². The maximum atomic E-state index is 4.29. The highest BCUT2D eigenvalue weighted by atomic mass is 15.2. The third-order valence-electron chi connectivity index (χ3n) is 4.09. The fraction of sp³-hybridized carbons (Fsp3) is 0.438. The summed E-state index contributed by atoms with van der Waals surface area (Å²) in [5, 5.41) is 3.51. The van der Waals surface area contributed by atoms with Crippen molar-refractivity contribution in [1.29, 1.82) is 0 Å². The lowest BCUT2D eigenvalue weighted by Gasteiger charge is -2.36. The Morgan fingerprint density at radius 1 is 1.25 bits per heavy atom. The Morgan fingerprint density at radius 2 is 2.10 bits per heavy atom. The summed E-state index contributed by atoms with van der Waals surface area (Å²) in [5.74, 6) is 1.09. The van der Waals surface area contributed by atoms with Gasteiger partial charge in [-0.05, 0) is 12.5 Å². The third kappa shape index (κ3) is 2.92. The van der Waals surface area contributed by atoms with Crippen LogP contribution in [0, 0.1) is 6.92 Å². The first-order chi connectivity index (χ1) is 9.84. The fourth-order valence-electron chi connectivity index (χ4n) is 2.89. The van der Waals surface area contributed by atoms with E-state index in [9.17, 15) is 0 Å². The summed E-state index contributed by atoms with van der Waals surface area (Å²) in [4.78, 5) is 6.86. The maximum Gasteiger partial charge on any atom is 0.105 e. The predicted octanol–water partition coefficient (Wildman–Crippen LogP) is 1.84. The molecule has 1 aromatic heterocycles. The first kappa shape index (κ1) is 13.3. The molecule has 1 unspecified atom stereocenters. The topological polar surface area (TPSA) is 33.1 Å². The number of hydrogen-bond acceptors (Lipinski definition) is 3. The minimum Gasteiger partial charge on any atom is -0.334 e. The van der Waals surface area contributed by atoms with Crippen molar-refractivity contribution in [2.75, 3.05) is 26.2 Å². The first-order valence-corrected chi connectivity index (χ1v) is 7.32. The van der Waals surface area contributed by atoms with Crippen molar-refractivity contribution in [3.05, 3.63) is 54.1 Å². The molecule has 20 heavy (non-hydrogen) atoms. The van der Waals surface area contributed by atoms with E-state index in [4.69, 9.17) is 0 Å². The average Bonchev–Trinajstić information content (AvgIpc) is 2.92. The highest BCUT2D eigenvalue weighted by Gasteiger charge is 2.23. The number of imidazole rings is 1. The lowest BCUT2D eigenvalue weighted by atomic mass is 10.0. The third-order valence-corrected chi connectivity index (χ3v) is 4.09. The van der Waals surface area contributed by atoms with Crippen LogP contribution in [0.3, 0.4) is 0 Å². The lowest BCUT2D eigenvalue weighted by molar-refractivity contribution is 0.156. The van der Waals surface area contributed by atoms with Gasteiger partial charge in [-0.1, -0.05) is 30.3 Å². The van der Waals surface area contributed by atoms with Gasteiger partial charge in [0.2, 0.25) is 0 Å². The van der Waals surface area contributed by atoms with Crippen LogP contribution < -0.4 is 5.32 Å². The van der Waals surface area contributed by atoms with E-state index in [2.05, 4.69) is 63.2 Å². The average molecular weight is 270 g/mol. The monoisotopic (exact) mass is 270 g/mol. The Kier molecular flexibility index (Phi) is 4.14. The van der Waals surface area contributed by atoms with Gasteiger partial charge in [-0.25, -0.2) is 4.98 Å². The molecule has 1 atom stereocenters. The van der Waals surface area contributed by atoms with E-state index in [-0.39, 0.29) is 0 Å². The molecule has 0 aliphatic carbocycles. The molecule has 2 aromatic rings. The Labute approximate surface area is 120 Å². The zero-order valence-electron chi connectivity index (χ0n) is 12.0. The van der Waals surface area contributed by atoms with Crippen molar-refractivity contribution in [1.82, 2.24) is 19.8 Å². The van der Waals surface area contributed by atoms with E-state index in [1.165, 1.54) is 5.56 Å². The van der Waals surface area contributed by atoms with Crippen LogP contribution in [0.4, 0.5) is 0 Å². The molecule has 4 nitrogen and oxygen atoms in total. The highest BCUT2D eigenvalue weighted by molar-refractivity contribution is 5.20. The van der Waals surface area contributed by atoms with Crippen molar-refractivity contribution in [2.24, 2.45) is 0 Å². The summed E-state index contributed by atoms with van der Waals surface area (Å²) in [5.41, 5.74) is 1.40. The zero-order chi connectivity index (χ0) is 13.8. The quantitative estimate of drug-likeness (QED) is 0.920. The maximum absolute atomic E-state index is 4.29. The number of hydrogen-bond donors (Lipinski definition) is 1. The molecular weight excluding hydrogens is 248 g/mol. The fourth-order valence-corrected chi connectivity index (χ4v) is 2.89. The summed E-state index contributed by atoms with van der Waals surface area (Å²) in [6, 6.07) is 11.3. The van der Waals surface area contributed by atoms with E-state index in [0.29, 0.717) is 6.04 Å². The van der Waals surface area contributed by atoms with E-state index < -0.39 is 0 Å². The molecule has 0 spiro atoms. The predicted molar refractivity (Wildman–Crippen MR) is 80.6 cm³/mol. The summed E-state index contributed by atoms with van der Waals surface area (Å²) in [6.07, 6.45) is 3.94. The summed E-state index contributed by atoms with van der Waals surface area (Å²) in [7, 11) is 0. The number of nitrogens with zero attached hydrogens (tertiary/aromatic N) is 3. The molecule has 1 fully saturated rings. The standard InChI is InChI=1S/C16H22N4/c1-14-18-8-10-19(14)11-12-20-9-7-17-13-16(20)15-5-3-2-4-6-15/h2-6,8,10,16-17H,7,9,11-13H2,1H3. The molecule has 1 aromatic carbocycles. The molecule has 1 aliphatic rings. The van der Waals surface area contributed by atoms with Crippen molar-refractivity contribution >= 4 is 0 Å². The molecule has 0 amide bonds. The largest absolute Gasteiger partial charge is 0.334 e. The number of nitrogens with one attached hydrogen (secondary N) is 1. The van der Waals surface area contributed by atoms with Crippen LogP contribution in [-0.2, 0) is 6.54 Å². The Bertz CT molecular complexity index is 534. The first-order valence-electron chi connectivity index (χ1n) is 7.32. The van der Waals surface area contributed by atoms with Crippen molar-refractivity contribution in [3.63, 3.8) is 0 Å². The summed E-state index contributed by atoms with van der Waals surface area (Å²) >= 11 is 0. The molecular formula is C16H22N4. The van der Waals surface area contributed by atoms with Gasteiger partial charge < -0.3 is 9.88 Å². The number of aryl methyl sites for hydroxylation is 1. The van der Waals surface area contributed by atoms with Gasteiger partial charge >= 0.3 is 0 Å². The van der Waals surface area contributed by atoms with Gasteiger partial charge in [0.25, 0.3) is 0 Å². The molecule has 0 saturated carbocycles. The molecule has 0 bridgehead atoms. The van der Waals surface area contributed by atoms with Gasteiger partial charge in [0, 0.05) is 51.2 Å². The van der Waals surface area contributed by atoms with E-state index in [0.717, 1.165) is 38.5 Å². The van der Waals surface area contributed by atoms with Gasteiger partial charge in [-0.2, -0.15) is 0 Å². The van der Waals surface area contributed by atoms with E-state index in [1.54, 1.807) is 0 Å². The SMILES string of the molecule is Cc1nccn1CCN1CCNCC1c1ccccc1. The Morgan fingerprint density at radius 3 is 2.85 bits per heavy atom. The van der Waals surface area contributed by atoms with Gasteiger partial charge in [-0.15, -0.1) is 0 Å². The van der Waals surface area contributed by atoms with Crippen LogP contribution in [0.25, 0.3) is 0 Å². The number of benzene rings is 1. The molecule has 3 rings (SSSR count). The van der Waals surface area contributed by atoms with Gasteiger partial charge in [0.1, 0.15) is 5.82 Å². The molecule has 106 valence electrons. The second kappa shape index (κ2) is 6.20. The van der Waals surface area contributed by atoms with Crippen LogP contribution >= 0.6 is 0 Å². The number of piperazine rings is 1. The summed E-state index contributed by atoms with van der Waals surface area (Å²) in [6.45, 7) is 7.35. The molecule has 1 aliphatic heterocycles. The highest BCUT2D eigenvalue weighted by Crippen LogP contribution is 2.21.